The summed E-state index contributed by atoms with van der Waals surface area (Å²) in [6.07, 6.45) is 12.0. The second-order valence-corrected chi connectivity index (χ2v) is 12.0. The summed E-state index contributed by atoms with van der Waals surface area (Å²) in [7, 11) is -0.804. The van der Waals surface area contributed by atoms with Crippen LogP contribution in [-0.4, -0.2) is 29.4 Å². The molecule has 166 valence electrons. The first-order valence-corrected chi connectivity index (χ1v) is 14.0. The number of hydrogen-bond acceptors (Lipinski definition) is 2. The molecule has 1 aromatic carbocycles. The van der Waals surface area contributed by atoms with Gasteiger partial charge in [0.05, 0.1) is 5.82 Å². The third-order valence-corrected chi connectivity index (χ3v) is 10.3. The van der Waals surface area contributed by atoms with E-state index >= 15 is 0 Å². The Labute approximate surface area is 190 Å². The Hall–Kier alpha value is -1.92. The quantitative estimate of drug-likeness (QED) is 0.402. The maximum absolute atomic E-state index is 4.51. The fourth-order valence-corrected chi connectivity index (χ4v) is 8.23. The smallest absolute Gasteiger partial charge is 0.0983 e. The van der Waals surface area contributed by atoms with Crippen LogP contribution in [0.5, 0.6) is 0 Å². The maximum atomic E-state index is 4.51. The second kappa shape index (κ2) is 9.70. The van der Waals surface area contributed by atoms with Gasteiger partial charge in [0.1, 0.15) is 0 Å². The van der Waals surface area contributed by atoms with Gasteiger partial charge in [-0.2, -0.15) is 0 Å². The number of rotatable bonds is 4. The lowest BCUT2D eigenvalue weighted by molar-refractivity contribution is 0.194. The number of nitrogens with one attached hydrogen (secondary N) is 1. The summed E-state index contributed by atoms with van der Waals surface area (Å²) in [5.41, 5.74) is 6.97. The van der Waals surface area contributed by atoms with E-state index in [4.69, 9.17) is 0 Å². The number of fused-ring (bicyclic) bond motifs is 2. The summed E-state index contributed by atoms with van der Waals surface area (Å²) in [4.78, 5) is 2.60. The molecule has 4 rings (SSSR count). The van der Waals surface area contributed by atoms with Crippen molar-refractivity contribution in [2.45, 2.75) is 71.3 Å². The van der Waals surface area contributed by atoms with Gasteiger partial charge in [-0.25, -0.2) is 0 Å². The number of allylic oxidation sites excluding steroid dienone is 4. The molecule has 2 heterocycles. The first-order chi connectivity index (χ1) is 15.0. The van der Waals surface area contributed by atoms with Gasteiger partial charge in [0.2, 0.25) is 0 Å². The zero-order chi connectivity index (χ0) is 22.0. The van der Waals surface area contributed by atoms with Crippen molar-refractivity contribution in [2.24, 2.45) is 0 Å². The molecule has 0 spiro atoms. The SMILES string of the molecule is C=CCC1=C(c2ccc(C)cc2)[PH](C)=C2CCN(C3CCCCC3)C(=C)NC(=C1C)C2. The van der Waals surface area contributed by atoms with E-state index in [1.165, 1.54) is 66.5 Å². The van der Waals surface area contributed by atoms with Crippen LogP contribution in [0.25, 0.3) is 5.31 Å². The molecule has 1 unspecified atom stereocenters. The second-order valence-electron chi connectivity index (χ2n) is 9.53. The fourth-order valence-electron chi connectivity index (χ4n) is 5.61. The van der Waals surface area contributed by atoms with Crippen LogP contribution in [0, 0.1) is 6.92 Å². The molecule has 2 fully saturated rings. The van der Waals surface area contributed by atoms with Crippen molar-refractivity contribution in [3.8, 4) is 0 Å². The monoisotopic (exact) mass is 434 g/mol. The molecule has 3 heteroatoms. The molecule has 2 nitrogen and oxygen atoms in total. The molecule has 0 radical (unpaired) electrons. The Morgan fingerprint density at radius 3 is 2.52 bits per heavy atom. The summed E-state index contributed by atoms with van der Waals surface area (Å²) in [5, 5.41) is 7.15. The van der Waals surface area contributed by atoms with Crippen molar-refractivity contribution < 1.29 is 0 Å². The Bertz CT molecular complexity index is 955. The zero-order valence-corrected chi connectivity index (χ0v) is 20.7. The molecule has 1 saturated heterocycles. The van der Waals surface area contributed by atoms with Crippen LogP contribution in [0.15, 0.2) is 66.2 Å². The van der Waals surface area contributed by atoms with Crippen LogP contribution < -0.4 is 5.32 Å². The fraction of sp³-hybridized carbons (Fsp3) is 0.464. The highest BCUT2D eigenvalue weighted by atomic mass is 31.1. The lowest BCUT2D eigenvalue weighted by Crippen LogP contribution is -2.43. The Morgan fingerprint density at radius 2 is 1.84 bits per heavy atom. The van der Waals surface area contributed by atoms with Gasteiger partial charge in [-0.1, -0.05) is 74.6 Å². The van der Waals surface area contributed by atoms with Crippen LogP contribution in [0.1, 0.15) is 69.4 Å². The first-order valence-electron chi connectivity index (χ1n) is 12.0. The van der Waals surface area contributed by atoms with E-state index in [1.54, 1.807) is 10.6 Å². The summed E-state index contributed by atoms with van der Waals surface area (Å²) in [5.74, 6) is 1.11. The Morgan fingerprint density at radius 1 is 1.13 bits per heavy atom. The molecule has 1 aromatic rings. The topological polar surface area (TPSA) is 15.3 Å². The van der Waals surface area contributed by atoms with Crippen molar-refractivity contribution in [3.05, 3.63) is 77.3 Å². The van der Waals surface area contributed by atoms with Crippen molar-refractivity contribution in [1.82, 2.24) is 10.2 Å². The largest absolute Gasteiger partial charge is 0.355 e. The van der Waals surface area contributed by atoms with E-state index in [-0.39, 0.29) is 0 Å². The zero-order valence-electron chi connectivity index (χ0n) is 19.7. The highest BCUT2D eigenvalue weighted by Gasteiger charge is 2.28. The average Bonchev–Trinajstić information content (AvgIpc) is 2.86. The molecule has 3 aliphatic rings. The van der Waals surface area contributed by atoms with E-state index in [9.17, 15) is 0 Å². The Kier molecular flexibility index (Phi) is 6.97. The van der Waals surface area contributed by atoms with Crippen molar-refractivity contribution in [1.29, 1.82) is 0 Å². The Balaban J connectivity index is 1.80. The van der Waals surface area contributed by atoms with Gasteiger partial charge in [-0.3, -0.25) is 0 Å². The summed E-state index contributed by atoms with van der Waals surface area (Å²) >= 11 is 0. The molecular formula is C28H39N2P. The van der Waals surface area contributed by atoms with Gasteiger partial charge in [0.25, 0.3) is 0 Å². The van der Waals surface area contributed by atoms with E-state index in [1.807, 2.05) is 0 Å². The summed E-state index contributed by atoms with van der Waals surface area (Å²) in [6, 6.07) is 9.84. The molecule has 0 aromatic heterocycles. The summed E-state index contributed by atoms with van der Waals surface area (Å²) in [6.45, 7) is 16.7. The van der Waals surface area contributed by atoms with Crippen LogP contribution in [0.4, 0.5) is 0 Å². The van der Waals surface area contributed by atoms with Crippen molar-refractivity contribution >= 4 is 18.2 Å². The highest BCUT2D eigenvalue weighted by Crippen LogP contribution is 2.49. The van der Waals surface area contributed by atoms with Crippen LogP contribution in [0.2, 0.25) is 0 Å². The third-order valence-electron chi connectivity index (χ3n) is 7.50. The third kappa shape index (κ3) is 4.65. The number of nitrogens with zero attached hydrogens (tertiary/aromatic N) is 1. The minimum atomic E-state index is -0.804. The van der Waals surface area contributed by atoms with Gasteiger partial charge >= 0.3 is 0 Å². The van der Waals surface area contributed by atoms with Gasteiger partial charge in [-0.15, -0.1) is 6.58 Å². The molecule has 31 heavy (non-hydrogen) atoms. The van der Waals surface area contributed by atoms with E-state index in [2.05, 4.69) is 74.2 Å². The normalized spacial score (nSPS) is 23.3. The lowest BCUT2D eigenvalue weighted by Gasteiger charge is -2.39. The summed E-state index contributed by atoms with van der Waals surface area (Å²) < 4.78 is 0. The van der Waals surface area contributed by atoms with Crippen molar-refractivity contribution in [2.75, 3.05) is 13.2 Å². The predicted octanol–water partition coefficient (Wildman–Crippen LogP) is 7.08. The van der Waals surface area contributed by atoms with Crippen LogP contribution >= 0.6 is 7.55 Å². The van der Waals surface area contributed by atoms with Gasteiger partial charge in [0, 0.05) is 24.7 Å². The van der Waals surface area contributed by atoms with Gasteiger partial charge in [0.15, 0.2) is 0 Å². The molecule has 2 aliphatic heterocycles. The van der Waals surface area contributed by atoms with Gasteiger partial charge in [-0.05, 0) is 68.2 Å². The van der Waals surface area contributed by atoms with Crippen LogP contribution in [0.3, 0.4) is 0 Å². The van der Waals surface area contributed by atoms with Gasteiger partial charge < -0.3 is 10.2 Å². The van der Waals surface area contributed by atoms with E-state index in [0.29, 0.717) is 6.04 Å². The standard InChI is InChI=1S/C28H39N2P/c1-6-10-26-21(3)27-19-25(31(5)28(26)23-15-13-20(2)14-16-23)17-18-30(22(4)29-27)24-11-8-7-9-12-24/h6,13-16,24,29,31H,1,4,7-12,17-19H2,2-3,5H3. The molecule has 1 N–H and O–H groups in total. The highest BCUT2D eigenvalue weighted by molar-refractivity contribution is 7.68. The first kappa shape index (κ1) is 22.3. The number of benzene rings is 1. The maximum Gasteiger partial charge on any atom is 0.0983 e. The minimum Gasteiger partial charge on any atom is -0.355 e. The van der Waals surface area contributed by atoms with Crippen molar-refractivity contribution in [3.63, 3.8) is 0 Å². The molecule has 0 amide bonds. The van der Waals surface area contributed by atoms with E-state index in [0.717, 1.165) is 25.2 Å². The molecule has 2 bridgehead atoms. The molecule has 1 aliphatic carbocycles. The molecular weight excluding hydrogens is 395 g/mol. The predicted molar refractivity (Wildman–Crippen MR) is 140 cm³/mol. The number of hydrogen-bond donors (Lipinski definition) is 1. The number of aryl methyl sites for hydroxylation is 1. The van der Waals surface area contributed by atoms with E-state index < -0.39 is 7.55 Å². The molecule has 1 saturated carbocycles. The minimum absolute atomic E-state index is 0.653. The lowest BCUT2D eigenvalue weighted by atomic mass is 9.93. The average molecular weight is 435 g/mol. The molecule has 1 atom stereocenters. The van der Waals surface area contributed by atoms with Crippen LogP contribution in [-0.2, 0) is 0 Å².